The van der Waals surface area contributed by atoms with Gasteiger partial charge in [-0.1, -0.05) is 0 Å². The maximum atomic E-state index is 11.5. The summed E-state index contributed by atoms with van der Waals surface area (Å²) >= 11 is 0. The highest BCUT2D eigenvalue weighted by Gasteiger charge is 2.20. The molecule has 88 valence electrons. The number of carbonyl (C=O) groups is 2. The Morgan fingerprint density at radius 1 is 1.27 bits per heavy atom. The van der Waals surface area contributed by atoms with E-state index in [0.29, 0.717) is 6.54 Å². The summed E-state index contributed by atoms with van der Waals surface area (Å²) in [5.74, 6) is -0.186. The fourth-order valence-corrected chi connectivity index (χ4v) is 0.952. The SMILES string of the molecule is CCNC(=O)NC(C)C(=O)NC(C)(C)C. The summed E-state index contributed by atoms with van der Waals surface area (Å²) in [6, 6.07) is -0.857. The van der Waals surface area contributed by atoms with Gasteiger partial charge in [0.15, 0.2) is 0 Å². The van der Waals surface area contributed by atoms with Crippen molar-refractivity contribution >= 4 is 11.9 Å². The molecule has 0 aromatic carbocycles. The summed E-state index contributed by atoms with van der Waals surface area (Å²) in [6.07, 6.45) is 0. The van der Waals surface area contributed by atoms with E-state index in [1.807, 2.05) is 27.7 Å². The van der Waals surface area contributed by atoms with Gasteiger partial charge in [-0.2, -0.15) is 0 Å². The normalized spacial score (nSPS) is 12.9. The second-order valence-corrected chi connectivity index (χ2v) is 4.46. The zero-order valence-corrected chi connectivity index (χ0v) is 10.1. The lowest BCUT2D eigenvalue weighted by Crippen LogP contribution is -2.52. The van der Waals surface area contributed by atoms with E-state index in [0.717, 1.165) is 0 Å². The van der Waals surface area contributed by atoms with Crippen LogP contribution in [0.15, 0.2) is 0 Å². The fourth-order valence-electron chi connectivity index (χ4n) is 0.952. The Morgan fingerprint density at radius 2 is 1.80 bits per heavy atom. The molecule has 0 heterocycles. The number of rotatable bonds is 3. The minimum Gasteiger partial charge on any atom is -0.350 e. The molecule has 3 N–H and O–H groups in total. The summed E-state index contributed by atoms with van der Waals surface area (Å²) in [5.41, 5.74) is -0.283. The predicted octanol–water partition coefficient (Wildman–Crippen LogP) is 0.609. The van der Waals surface area contributed by atoms with Crippen LogP contribution in [0.2, 0.25) is 0 Å². The number of carbonyl (C=O) groups excluding carboxylic acids is 2. The highest BCUT2D eigenvalue weighted by Crippen LogP contribution is 1.99. The molecule has 0 saturated heterocycles. The Labute approximate surface area is 91.0 Å². The maximum Gasteiger partial charge on any atom is 0.315 e. The molecule has 0 saturated carbocycles. The van der Waals surface area contributed by atoms with Crippen molar-refractivity contribution in [3.05, 3.63) is 0 Å². The molecule has 1 atom stereocenters. The molecule has 0 bridgehead atoms. The standard InChI is InChI=1S/C10H21N3O2/c1-6-11-9(15)12-7(2)8(14)13-10(3,4)5/h7H,6H2,1-5H3,(H,13,14)(H2,11,12,15). The fraction of sp³-hybridized carbons (Fsp3) is 0.800. The van der Waals surface area contributed by atoms with Crippen molar-refractivity contribution in [1.29, 1.82) is 0 Å². The molecule has 0 radical (unpaired) electrons. The molecule has 0 aromatic rings. The summed E-state index contributed by atoms with van der Waals surface area (Å²) in [6.45, 7) is 9.69. The van der Waals surface area contributed by atoms with Crippen LogP contribution in [-0.2, 0) is 4.79 Å². The van der Waals surface area contributed by atoms with Crippen LogP contribution in [-0.4, -0.2) is 30.1 Å². The second kappa shape index (κ2) is 5.58. The third kappa shape index (κ3) is 6.76. The smallest absolute Gasteiger partial charge is 0.315 e. The van der Waals surface area contributed by atoms with Crippen LogP contribution in [0.25, 0.3) is 0 Å². The quantitative estimate of drug-likeness (QED) is 0.645. The van der Waals surface area contributed by atoms with E-state index in [9.17, 15) is 9.59 Å². The van der Waals surface area contributed by atoms with Gasteiger partial charge in [0, 0.05) is 12.1 Å². The van der Waals surface area contributed by atoms with Crippen molar-refractivity contribution in [2.45, 2.75) is 46.2 Å². The van der Waals surface area contributed by atoms with Crippen LogP contribution in [0, 0.1) is 0 Å². The van der Waals surface area contributed by atoms with Crippen molar-refractivity contribution in [2.24, 2.45) is 0 Å². The lowest BCUT2D eigenvalue weighted by atomic mass is 10.1. The largest absolute Gasteiger partial charge is 0.350 e. The van der Waals surface area contributed by atoms with E-state index >= 15 is 0 Å². The van der Waals surface area contributed by atoms with Gasteiger partial charge in [-0.05, 0) is 34.6 Å². The Morgan fingerprint density at radius 3 is 2.20 bits per heavy atom. The van der Waals surface area contributed by atoms with Crippen LogP contribution in [0.4, 0.5) is 4.79 Å². The van der Waals surface area contributed by atoms with E-state index in [1.165, 1.54) is 0 Å². The van der Waals surface area contributed by atoms with Gasteiger partial charge in [-0.3, -0.25) is 4.79 Å². The first-order valence-electron chi connectivity index (χ1n) is 5.12. The first-order chi connectivity index (χ1) is 6.76. The monoisotopic (exact) mass is 215 g/mol. The average Bonchev–Trinajstić information content (AvgIpc) is 2.00. The Balaban J connectivity index is 4.05. The number of urea groups is 1. The molecule has 3 amide bonds. The van der Waals surface area contributed by atoms with Crippen molar-refractivity contribution in [2.75, 3.05) is 6.54 Å². The molecular formula is C10H21N3O2. The van der Waals surface area contributed by atoms with Gasteiger partial charge < -0.3 is 16.0 Å². The molecule has 0 aliphatic carbocycles. The van der Waals surface area contributed by atoms with E-state index in [-0.39, 0.29) is 17.5 Å². The van der Waals surface area contributed by atoms with Gasteiger partial charge in [-0.15, -0.1) is 0 Å². The summed E-state index contributed by atoms with van der Waals surface area (Å²) in [4.78, 5) is 22.7. The zero-order chi connectivity index (χ0) is 12.1. The summed E-state index contributed by atoms with van der Waals surface area (Å²) < 4.78 is 0. The molecular weight excluding hydrogens is 194 g/mol. The Hall–Kier alpha value is -1.26. The number of amides is 3. The van der Waals surface area contributed by atoms with Crippen molar-refractivity contribution in [3.63, 3.8) is 0 Å². The first-order valence-corrected chi connectivity index (χ1v) is 5.12. The number of hydrogen-bond donors (Lipinski definition) is 3. The molecule has 0 aliphatic heterocycles. The lowest BCUT2D eigenvalue weighted by Gasteiger charge is -2.23. The number of hydrogen-bond acceptors (Lipinski definition) is 2. The third-order valence-corrected chi connectivity index (χ3v) is 1.58. The molecule has 0 aromatic heterocycles. The molecule has 5 nitrogen and oxygen atoms in total. The molecule has 0 rings (SSSR count). The van der Waals surface area contributed by atoms with Gasteiger partial charge in [0.2, 0.25) is 5.91 Å². The van der Waals surface area contributed by atoms with E-state index < -0.39 is 6.04 Å². The Kier molecular flexibility index (Phi) is 5.11. The van der Waals surface area contributed by atoms with Gasteiger partial charge in [0.25, 0.3) is 0 Å². The zero-order valence-electron chi connectivity index (χ0n) is 10.1. The lowest BCUT2D eigenvalue weighted by molar-refractivity contribution is -0.123. The third-order valence-electron chi connectivity index (χ3n) is 1.58. The van der Waals surface area contributed by atoms with Crippen molar-refractivity contribution in [3.8, 4) is 0 Å². The molecule has 0 spiro atoms. The van der Waals surface area contributed by atoms with Crippen molar-refractivity contribution < 1.29 is 9.59 Å². The van der Waals surface area contributed by atoms with Crippen molar-refractivity contribution in [1.82, 2.24) is 16.0 Å². The average molecular weight is 215 g/mol. The van der Waals surface area contributed by atoms with E-state index in [1.54, 1.807) is 6.92 Å². The van der Waals surface area contributed by atoms with E-state index in [2.05, 4.69) is 16.0 Å². The minimum atomic E-state index is -0.532. The van der Waals surface area contributed by atoms with Crippen LogP contribution >= 0.6 is 0 Å². The minimum absolute atomic E-state index is 0.186. The molecule has 0 aliphatic rings. The topological polar surface area (TPSA) is 70.2 Å². The maximum absolute atomic E-state index is 11.5. The van der Waals surface area contributed by atoms with Crippen LogP contribution in [0.1, 0.15) is 34.6 Å². The summed E-state index contributed by atoms with van der Waals surface area (Å²) in [5, 5.41) is 7.89. The number of nitrogens with one attached hydrogen (secondary N) is 3. The van der Waals surface area contributed by atoms with Gasteiger partial charge in [0.05, 0.1) is 0 Å². The Bertz CT molecular complexity index is 233. The second-order valence-electron chi connectivity index (χ2n) is 4.46. The highest BCUT2D eigenvalue weighted by atomic mass is 16.2. The van der Waals surface area contributed by atoms with Crippen LogP contribution < -0.4 is 16.0 Å². The summed E-state index contributed by atoms with van der Waals surface area (Å²) in [7, 11) is 0. The first kappa shape index (κ1) is 13.7. The van der Waals surface area contributed by atoms with Gasteiger partial charge >= 0.3 is 6.03 Å². The van der Waals surface area contributed by atoms with Gasteiger partial charge in [0.1, 0.15) is 6.04 Å². The van der Waals surface area contributed by atoms with Crippen LogP contribution in [0.3, 0.4) is 0 Å². The molecule has 0 fully saturated rings. The molecule has 1 unspecified atom stereocenters. The van der Waals surface area contributed by atoms with E-state index in [4.69, 9.17) is 0 Å². The predicted molar refractivity (Wildman–Crippen MR) is 59.6 cm³/mol. The van der Waals surface area contributed by atoms with Crippen LogP contribution in [0.5, 0.6) is 0 Å². The van der Waals surface area contributed by atoms with Gasteiger partial charge in [-0.25, -0.2) is 4.79 Å². The highest BCUT2D eigenvalue weighted by molar-refractivity contribution is 5.86. The molecule has 15 heavy (non-hydrogen) atoms. The molecule has 5 heteroatoms.